The van der Waals surface area contributed by atoms with Gasteiger partial charge in [0, 0.05) is 30.5 Å². The van der Waals surface area contributed by atoms with Crippen LogP contribution in [0.4, 0.5) is 10.7 Å². The smallest absolute Gasteiger partial charge is 0.318 e. The van der Waals surface area contributed by atoms with E-state index in [4.69, 9.17) is 0 Å². The zero-order valence-corrected chi connectivity index (χ0v) is 17.5. The Balaban J connectivity index is 1.47. The molecule has 0 atom stereocenters. The van der Waals surface area contributed by atoms with Crippen LogP contribution in [-0.2, 0) is 0 Å². The molecule has 1 aliphatic heterocycles. The maximum atomic E-state index is 12.0. The number of urea groups is 1. The van der Waals surface area contributed by atoms with E-state index in [2.05, 4.69) is 54.7 Å². The SMILES string of the molecule is CC1(C)CN(CCNc2ncc(Br)c(-c3cc4ccccc4s3)n2)C(=O)N1. The van der Waals surface area contributed by atoms with E-state index >= 15 is 0 Å². The van der Waals surface area contributed by atoms with Gasteiger partial charge in [0.1, 0.15) is 5.69 Å². The van der Waals surface area contributed by atoms with Crippen LogP contribution in [0.5, 0.6) is 0 Å². The molecule has 6 nitrogen and oxygen atoms in total. The molecule has 0 bridgehead atoms. The van der Waals surface area contributed by atoms with Gasteiger partial charge in [0.25, 0.3) is 0 Å². The summed E-state index contributed by atoms with van der Waals surface area (Å²) >= 11 is 5.27. The molecule has 2 amide bonds. The third-order valence-corrected chi connectivity index (χ3v) is 6.09. The molecular weight excluding hydrogens is 426 g/mol. The van der Waals surface area contributed by atoms with Crippen LogP contribution in [0, 0.1) is 0 Å². The van der Waals surface area contributed by atoms with Gasteiger partial charge in [-0.1, -0.05) is 18.2 Å². The Kier molecular flexibility index (Phi) is 4.77. The molecule has 1 fully saturated rings. The van der Waals surface area contributed by atoms with Crippen molar-refractivity contribution in [1.29, 1.82) is 0 Å². The standard InChI is InChI=1S/C19H20BrN5OS/c1-19(2)11-25(18(26)24-19)8-7-21-17-22-10-13(20)16(23-17)15-9-12-5-3-4-6-14(12)27-15/h3-6,9-10H,7-8,11H2,1-2H3,(H,24,26)(H,21,22,23). The Bertz CT molecular complexity index is 970. The molecule has 1 aromatic carbocycles. The molecule has 0 unspecified atom stereocenters. The van der Waals surface area contributed by atoms with Crippen LogP contribution in [0.1, 0.15) is 13.8 Å². The number of rotatable bonds is 5. The minimum atomic E-state index is -0.181. The van der Waals surface area contributed by atoms with Gasteiger partial charge in [0.05, 0.1) is 14.9 Å². The fraction of sp³-hybridized carbons (Fsp3) is 0.316. The van der Waals surface area contributed by atoms with Gasteiger partial charge in [0.15, 0.2) is 0 Å². The molecule has 4 rings (SSSR count). The fourth-order valence-corrected chi connectivity index (χ4v) is 4.77. The Labute approximate surface area is 170 Å². The molecule has 0 saturated carbocycles. The van der Waals surface area contributed by atoms with Gasteiger partial charge in [-0.15, -0.1) is 11.3 Å². The molecule has 2 N–H and O–H groups in total. The molecule has 0 spiro atoms. The highest BCUT2D eigenvalue weighted by Crippen LogP contribution is 2.36. The van der Waals surface area contributed by atoms with Crippen molar-refractivity contribution in [3.8, 4) is 10.6 Å². The van der Waals surface area contributed by atoms with E-state index < -0.39 is 0 Å². The highest BCUT2D eigenvalue weighted by molar-refractivity contribution is 9.10. The number of nitrogens with zero attached hydrogens (tertiary/aromatic N) is 3. The summed E-state index contributed by atoms with van der Waals surface area (Å²) in [7, 11) is 0. The summed E-state index contributed by atoms with van der Waals surface area (Å²) in [5.74, 6) is 0.560. The minimum absolute atomic E-state index is 0.0236. The predicted octanol–water partition coefficient (Wildman–Crippen LogP) is 4.34. The summed E-state index contributed by atoms with van der Waals surface area (Å²) in [6.07, 6.45) is 1.76. The summed E-state index contributed by atoms with van der Waals surface area (Å²) < 4.78 is 2.09. The average molecular weight is 446 g/mol. The van der Waals surface area contributed by atoms with Crippen LogP contribution in [0.25, 0.3) is 20.7 Å². The van der Waals surface area contributed by atoms with Gasteiger partial charge < -0.3 is 15.5 Å². The number of halogens is 1. The lowest BCUT2D eigenvalue weighted by Gasteiger charge is -2.18. The van der Waals surface area contributed by atoms with Crippen molar-refractivity contribution < 1.29 is 4.79 Å². The quantitative estimate of drug-likeness (QED) is 0.612. The maximum Gasteiger partial charge on any atom is 0.318 e. The van der Waals surface area contributed by atoms with E-state index in [1.165, 1.54) is 10.1 Å². The first-order valence-electron chi connectivity index (χ1n) is 8.74. The van der Waals surface area contributed by atoms with E-state index in [9.17, 15) is 4.79 Å². The van der Waals surface area contributed by atoms with E-state index in [1.54, 1.807) is 22.4 Å². The van der Waals surface area contributed by atoms with Crippen molar-refractivity contribution in [1.82, 2.24) is 20.2 Å². The lowest BCUT2D eigenvalue weighted by Crippen LogP contribution is -2.36. The van der Waals surface area contributed by atoms with Gasteiger partial charge in [-0.05, 0) is 47.3 Å². The number of hydrogen-bond donors (Lipinski definition) is 2. The topological polar surface area (TPSA) is 70.1 Å². The highest BCUT2D eigenvalue weighted by atomic mass is 79.9. The van der Waals surface area contributed by atoms with Crippen molar-refractivity contribution in [2.24, 2.45) is 0 Å². The van der Waals surface area contributed by atoms with E-state index in [1.807, 2.05) is 26.0 Å². The summed E-state index contributed by atoms with van der Waals surface area (Å²) in [6, 6.07) is 10.4. The van der Waals surface area contributed by atoms with Crippen molar-refractivity contribution in [2.75, 3.05) is 25.0 Å². The van der Waals surface area contributed by atoms with Crippen LogP contribution in [0.3, 0.4) is 0 Å². The van der Waals surface area contributed by atoms with Crippen molar-refractivity contribution in [2.45, 2.75) is 19.4 Å². The lowest BCUT2D eigenvalue weighted by molar-refractivity contribution is 0.219. The van der Waals surface area contributed by atoms with Crippen LogP contribution in [0.2, 0.25) is 0 Å². The van der Waals surface area contributed by atoms with Gasteiger partial charge in [0.2, 0.25) is 5.95 Å². The third-order valence-electron chi connectivity index (χ3n) is 4.39. The molecule has 0 aliphatic carbocycles. The number of carbonyl (C=O) groups is 1. The first-order chi connectivity index (χ1) is 12.9. The Morgan fingerprint density at radius 2 is 2.19 bits per heavy atom. The van der Waals surface area contributed by atoms with Gasteiger partial charge >= 0.3 is 6.03 Å². The second kappa shape index (κ2) is 7.09. The molecule has 1 aliphatic rings. The van der Waals surface area contributed by atoms with Gasteiger partial charge in [-0.3, -0.25) is 0 Å². The number of fused-ring (bicyclic) bond motifs is 1. The number of aromatic nitrogens is 2. The van der Waals surface area contributed by atoms with Crippen LogP contribution in [-0.4, -0.2) is 46.1 Å². The number of carbonyl (C=O) groups excluding carboxylic acids is 1. The molecule has 3 aromatic rings. The lowest BCUT2D eigenvalue weighted by atomic mass is 10.1. The number of hydrogen-bond acceptors (Lipinski definition) is 5. The van der Waals surface area contributed by atoms with Crippen molar-refractivity contribution in [3.05, 3.63) is 41.0 Å². The predicted molar refractivity (Wildman–Crippen MR) is 113 cm³/mol. The normalized spacial score (nSPS) is 16.0. The number of thiophene rings is 1. The molecule has 3 heterocycles. The van der Waals surface area contributed by atoms with E-state index in [-0.39, 0.29) is 11.6 Å². The zero-order chi connectivity index (χ0) is 19.0. The first-order valence-corrected chi connectivity index (χ1v) is 10.3. The second-order valence-corrected chi connectivity index (χ2v) is 9.14. The highest BCUT2D eigenvalue weighted by Gasteiger charge is 2.34. The van der Waals surface area contributed by atoms with Gasteiger partial charge in [-0.2, -0.15) is 0 Å². The second-order valence-electron chi connectivity index (χ2n) is 7.20. The summed E-state index contributed by atoms with van der Waals surface area (Å²) in [4.78, 5) is 23.9. The van der Waals surface area contributed by atoms with Crippen molar-refractivity contribution >= 4 is 49.3 Å². The third kappa shape index (κ3) is 3.91. The summed E-state index contributed by atoms with van der Waals surface area (Å²) in [5.41, 5.74) is 0.688. The number of anilines is 1. The summed E-state index contributed by atoms with van der Waals surface area (Å²) in [6.45, 7) is 5.94. The Morgan fingerprint density at radius 1 is 1.37 bits per heavy atom. The number of benzene rings is 1. The molecule has 2 aromatic heterocycles. The molecular formula is C19H20BrN5OS. The monoisotopic (exact) mass is 445 g/mol. The average Bonchev–Trinajstić information content (AvgIpc) is 3.16. The first kappa shape index (κ1) is 18.2. The fourth-order valence-electron chi connectivity index (χ4n) is 3.16. The van der Waals surface area contributed by atoms with Crippen LogP contribution < -0.4 is 10.6 Å². The molecule has 140 valence electrons. The maximum absolute atomic E-state index is 12.0. The Hall–Kier alpha value is -2.19. The largest absolute Gasteiger partial charge is 0.352 e. The zero-order valence-electron chi connectivity index (χ0n) is 15.1. The van der Waals surface area contributed by atoms with E-state index in [0.29, 0.717) is 25.6 Å². The molecule has 0 radical (unpaired) electrons. The molecule has 1 saturated heterocycles. The van der Waals surface area contributed by atoms with Gasteiger partial charge in [-0.25, -0.2) is 14.8 Å². The number of nitrogens with one attached hydrogen (secondary N) is 2. The number of amides is 2. The van der Waals surface area contributed by atoms with Crippen molar-refractivity contribution in [3.63, 3.8) is 0 Å². The van der Waals surface area contributed by atoms with E-state index in [0.717, 1.165) is 15.0 Å². The van der Waals surface area contributed by atoms with Crippen LogP contribution >= 0.6 is 27.3 Å². The minimum Gasteiger partial charge on any atom is -0.352 e. The summed E-state index contributed by atoms with van der Waals surface area (Å²) in [5, 5.41) is 7.40. The molecule has 8 heteroatoms. The molecule has 27 heavy (non-hydrogen) atoms. The Morgan fingerprint density at radius 3 is 2.93 bits per heavy atom. The van der Waals surface area contributed by atoms with Crippen LogP contribution in [0.15, 0.2) is 41.0 Å².